The van der Waals surface area contributed by atoms with Gasteiger partial charge in [-0.3, -0.25) is 19.3 Å². The lowest BCUT2D eigenvalue weighted by atomic mass is 9.87. The van der Waals surface area contributed by atoms with Crippen LogP contribution in [0.15, 0.2) is 65.7 Å². The van der Waals surface area contributed by atoms with E-state index in [-0.39, 0.29) is 38.5 Å². The molecular weight excluding hydrogens is 754 g/mol. The largest absolute Gasteiger partial charge is 0.481 e. The van der Waals surface area contributed by atoms with Crippen LogP contribution in [-0.2, 0) is 34.7 Å². The van der Waals surface area contributed by atoms with E-state index in [1.54, 1.807) is 29.2 Å². The molecule has 0 radical (unpaired) electrons. The van der Waals surface area contributed by atoms with Gasteiger partial charge in [-0.15, -0.1) is 0 Å². The molecule has 0 spiro atoms. The second kappa shape index (κ2) is 18.2. The lowest BCUT2D eigenvalue weighted by Crippen LogP contribution is -2.55. The van der Waals surface area contributed by atoms with Crippen molar-refractivity contribution in [2.75, 3.05) is 57.7 Å². The van der Waals surface area contributed by atoms with E-state index >= 15 is 0 Å². The Kier molecular flexibility index (Phi) is 14.3. The number of halogens is 1. The summed E-state index contributed by atoms with van der Waals surface area (Å²) in [7, 11) is -0.967. The zero-order valence-corrected chi connectivity index (χ0v) is 33.3. The van der Waals surface area contributed by atoms with Crippen molar-refractivity contribution in [3.05, 3.63) is 82.5 Å². The molecule has 3 aromatic rings. The van der Waals surface area contributed by atoms with Crippen molar-refractivity contribution in [1.82, 2.24) is 19.7 Å². The molecule has 3 aliphatic rings. The van der Waals surface area contributed by atoms with Crippen molar-refractivity contribution in [1.29, 1.82) is 0 Å². The number of ether oxygens (including phenoxy) is 2. The van der Waals surface area contributed by atoms with E-state index in [9.17, 15) is 18.0 Å². The minimum atomic E-state index is -4.48. The maximum Gasteiger partial charge on any atom is 0.411 e. The number of pyridine rings is 1. The lowest BCUT2D eigenvalue weighted by molar-refractivity contribution is -0.135. The molecule has 0 bridgehead atoms. The number of methoxy groups -OCH3 is 1. The monoisotopic (exact) mass is 801 g/mol. The van der Waals surface area contributed by atoms with Gasteiger partial charge in [-0.25, -0.2) is 18.2 Å². The minimum absolute atomic E-state index is 0.00666. The highest BCUT2D eigenvalue weighted by atomic mass is 35.5. The van der Waals surface area contributed by atoms with Gasteiger partial charge >= 0.3 is 6.09 Å². The third-order valence-corrected chi connectivity index (χ3v) is 11.4. The minimum Gasteiger partial charge on any atom is -0.481 e. The number of likely N-dealkylation sites (tertiary alicyclic amines) is 1. The van der Waals surface area contributed by atoms with Crippen LogP contribution in [-0.4, -0.2) is 122 Å². The molecule has 6 rings (SSSR count). The number of carbonyl (C=O) groups is 4. The van der Waals surface area contributed by atoms with Gasteiger partial charge in [0.05, 0.1) is 23.3 Å². The fourth-order valence-corrected chi connectivity index (χ4v) is 8.39. The lowest BCUT2D eigenvalue weighted by Gasteiger charge is -2.42. The fraction of sp³-hybridized carbons (Fsp3) is 0.447. The Balaban J connectivity index is 0.000000768. The Bertz CT molecular complexity index is 1940. The molecule has 2 amide bonds. The topological polar surface area (TPSA) is 187 Å². The summed E-state index contributed by atoms with van der Waals surface area (Å²) in [4.78, 5) is 57.5. The number of sulfonamides is 1. The van der Waals surface area contributed by atoms with E-state index in [2.05, 4.69) is 21.8 Å². The van der Waals surface area contributed by atoms with Crippen molar-refractivity contribution in [3.8, 4) is 5.88 Å². The smallest absolute Gasteiger partial charge is 0.411 e. The number of benzene rings is 2. The molecule has 0 saturated carbocycles. The zero-order valence-electron chi connectivity index (χ0n) is 31.8. The molecule has 1 aromatic heterocycles. The third-order valence-electron chi connectivity index (χ3n) is 9.49. The predicted octanol–water partition coefficient (Wildman–Crippen LogP) is 4.88. The van der Waals surface area contributed by atoms with Crippen LogP contribution in [0.2, 0.25) is 5.02 Å². The van der Waals surface area contributed by atoms with Crippen molar-refractivity contribution >= 4 is 51.3 Å². The number of aromatic nitrogens is 1. The summed E-state index contributed by atoms with van der Waals surface area (Å²) in [6, 6.07) is 14.4. The summed E-state index contributed by atoms with van der Waals surface area (Å²) in [6.45, 7) is 10.4. The molecule has 2 N–H and O–H groups in total. The summed E-state index contributed by atoms with van der Waals surface area (Å²) in [6.07, 6.45) is 2.87. The van der Waals surface area contributed by atoms with Gasteiger partial charge in [0, 0.05) is 62.9 Å². The number of fused-ring (bicyclic) bond motifs is 1. The molecule has 3 aliphatic heterocycles. The number of hydrogen-bond donors (Lipinski definition) is 2. The highest BCUT2D eigenvalue weighted by Crippen LogP contribution is 2.52. The van der Waals surface area contributed by atoms with Crippen LogP contribution in [0.25, 0.3) is 0 Å². The van der Waals surface area contributed by atoms with E-state index in [0.717, 1.165) is 45.3 Å². The van der Waals surface area contributed by atoms with E-state index in [1.165, 1.54) is 43.6 Å². The SMILES string of the molecule is CC(=O)O.CC(=O)O.COc1ncccc1C1(OC(=O)N2CCN(C3CCN(C)CC3)CC2)C(=O)N(S(=O)(=O)c2ccc(C(C)C)cc2)c2ccc(Cl)cc21. The second-order valence-corrected chi connectivity index (χ2v) is 15.9. The van der Waals surface area contributed by atoms with Crippen LogP contribution >= 0.6 is 11.6 Å². The highest BCUT2D eigenvalue weighted by molar-refractivity contribution is 7.93. The number of anilines is 1. The Morgan fingerprint density at radius 1 is 0.909 bits per heavy atom. The van der Waals surface area contributed by atoms with Crippen LogP contribution in [0, 0.1) is 0 Å². The van der Waals surface area contributed by atoms with Crippen molar-refractivity contribution < 1.29 is 47.3 Å². The van der Waals surface area contributed by atoms with Crippen molar-refractivity contribution in [2.24, 2.45) is 0 Å². The standard InChI is InChI=1S/C34H40ClN5O6S.2C2H4O2/c1-23(2)24-7-10-27(11-8-24)47(43,44)40-30-12-9-25(35)22-29(30)34(32(40)41,28-6-5-15-36-31(28)45-4)46-33(42)39-20-18-38(19-21-39)26-13-16-37(3)17-14-26;2*1-2(3)4/h5-12,15,22-23,26H,13-14,16-21H2,1-4H3;2*1H3,(H,3,4). The number of aliphatic carboxylic acids is 2. The Morgan fingerprint density at radius 2 is 1.49 bits per heavy atom. The van der Waals surface area contributed by atoms with Gasteiger partial charge in [0.1, 0.15) is 0 Å². The van der Waals surface area contributed by atoms with Crippen LogP contribution in [0.1, 0.15) is 63.1 Å². The van der Waals surface area contributed by atoms with Gasteiger partial charge in [-0.05, 0) is 86.9 Å². The van der Waals surface area contributed by atoms with E-state index in [0.29, 0.717) is 36.5 Å². The average Bonchev–Trinajstić information content (AvgIpc) is 3.38. The number of carbonyl (C=O) groups excluding carboxylic acids is 2. The summed E-state index contributed by atoms with van der Waals surface area (Å²) in [5.41, 5.74) is -1.10. The van der Waals surface area contributed by atoms with E-state index in [1.807, 2.05) is 13.8 Å². The van der Waals surface area contributed by atoms with Crippen LogP contribution in [0.3, 0.4) is 0 Å². The normalized spacial score (nSPS) is 19.1. The quantitative estimate of drug-likeness (QED) is 0.330. The van der Waals surface area contributed by atoms with Gasteiger partial charge < -0.3 is 29.5 Å². The van der Waals surface area contributed by atoms with Crippen molar-refractivity contribution in [2.45, 2.75) is 63.0 Å². The molecule has 0 aliphatic carbocycles. The number of rotatable bonds is 7. The highest BCUT2D eigenvalue weighted by Gasteiger charge is 2.61. The maximum absolute atomic E-state index is 14.9. The van der Waals surface area contributed by atoms with Crippen LogP contribution in [0.4, 0.5) is 10.5 Å². The van der Waals surface area contributed by atoms with Crippen LogP contribution in [0.5, 0.6) is 5.88 Å². The Labute approximate surface area is 326 Å². The Morgan fingerprint density at radius 3 is 2.04 bits per heavy atom. The molecule has 2 aromatic carbocycles. The molecule has 2 fully saturated rings. The first-order valence-electron chi connectivity index (χ1n) is 17.7. The summed E-state index contributed by atoms with van der Waals surface area (Å²) < 4.78 is 41.2. The van der Waals surface area contributed by atoms with Gasteiger partial charge in [-0.1, -0.05) is 37.6 Å². The van der Waals surface area contributed by atoms with Gasteiger partial charge in [0.25, 0.3) is 33.5 Å². The first-order chi connectivity index (χ1) is 25.9. The first-order valence-corrected chi connectivity index (χ1v) is 19.5. The molecule has 17 heteroatoms. The first kappa shape index (κ1) is 43.0. The summed E-state index contributed by atoms with van der Waals surface area (Å²) >= 11 is 6.48. The van der Waals surface area contributed by atoms with E-state index in [4.69, 9.17) is 40.9 Å². The average molecular weight is 802 g/mol. The second-order valence-electron chi connectivity index (χ2n) is 13.7. The number of hydrogen-bond acceptors (Lipinski definition) is 11. The summed E-state index contributed by atoms with van der Waals surface area (Å²) in [5.74, 6) is -2.47. The molecule has 1 atom stereocenters. The van der Waals surface area contributed by atoms with E-state index < -0.39 is 39.6 Å². The Hall–Kier alpha value is -4.77. The number of piperazine rings is 1. The fourth-order valence-electron chi connectivity index (χ4n) is 6.76. The molecule has 15 nitrogen and oxygen atoms in total. The summed E-state index contributed by atoms with van der Waals surface area (Å²) in [5, 5.41) is 15.1. The molecule has 298 valence electrons. The van der Waals surface area contributed by atoms with Gasteiger partial charge in [0.15, 0.2) is 0 Å². The molecular formula is C38H48ClN5O10S. The number of amides is 2. The van der Waals surface area contributed by atoms with Crippen LogP contribution < -0.4 is 9.04 Å². The van der Waals surface area contributed by atoms with Gasteiger partial charge in [-0.2, -0.15) is 4.31 Å². The van der Waals surface area contributed by atoms with Crippen molar-refractivity contribution in [3.63, 3.8) is 0 Å². The number of carboxylic acids is 2. The molecule has 55 heavy (non-hydrogen) atoms. The van der Waals surface area contributed by atoms with Gasteiger partial charge in [0.2, 0.25) is 5.88 Å². The molecule has 1 unspecified atom stereocenters. The molecule has 4 heterocycles. The predicted molar refractivity (Wildman–Crippen MR) is 205 cm³/mol. The molecule has 2 saturated heterocycles. The number of piperidine rings is 1. The maximum atomic E-state index is 14.9. The number of carboxylic acid groups (broad SMARTS) is 2. The number of nitrogens with zero attached hydrogens (tertiary/aromatic N) is 5. The third kappa shape index (κ3) is 9.73. The zero-order chi connectivity index (χ0) is 40.7.